The SMILES string of the molecule is COc1ccc(CN2C[C@H](O)C[C@H]2c2nc(-c3ccncc3)no2)cc1. The van der Waals surface area contributed by atoms with Gasteiger partial charge in [0.05, 0.1) is 19.3 Å². The quantitative estimate of drug-likeness (QED) is 0.755. The maximum Gasteiger partial charge on any atom is 0.244 e. The summed E-state index contributed by atoms with van der Waals surface area (Å²) in [6.45, 7) is 1.27. The topological polar surface area (TPSA) is 84.5 Å². The standard InChI is InChI=1S/C19H20N4O3/c1-25-16-4-2-13(3-5-16)11-23-12-15(24)10-17(23)19-21-18(22-26-19)14-6-8-20-9-7-14/h2-9,15,17,24H,10-12H2,1H3/t15-,17+/m1/s1. The second-order valence-corrected chi connectivity index (χ2v) is 6.37. The summed E-state index contributed by atoms with van der Waals surface area (Å²) in [6.07, 6.45) is 3.56. The molecule has 0 bridgehead atoms. The van der Waals surface area contributed by atoms with Gasteiger partial charge in [-0.25, -0.2) is 0 Å². The molecule has 2 aromatic heterocycles. The van der Waals surface area contributed by atoms with Crippen LogP contribution in [0.5, 0.6) is 5.75 Å². The van der Waals surface area contributed by atoms with Gasteiger partial charge in [0.2, 0.25) is 11.7 Å². The summed E-state index contributed by atoms with van der Waals surface area (Å²) >= 11 is 0. The minimum Gasteiger partial charge on any atom is -0.497 e. The van der Waals surface area contributed by atoms with Crippen molar-refractivity contribution in [1.82, 2.24) is 20.0 Å². The fourth-order valence-electron chi connectivity index (χ4n) is 3.27. The first-order chi connectivity index (χ1) is 12.7. The number of ether oxygens (including phenoxy) is 1. The fraction of sp³-hybridized carbons (Fsp3) is 0.316. The molecule has 7 heteroatoms. The normalized spacial score (nSPS) is 20.4. The molecular formula is C19H20N4O3. The maximum atomic E-state index is 10.2. The van der Waals surface area contributed by atoms with Gasteiger partial charge in [-0.3, -0.25) is 9.88 Å². The van der Waals surface area contributed by atoms with Gasteiger partial charge in [0, 0.05) is 31.0 Å². The Balaban J connectivity index is 1.53. The van der Waals surface area contributed by atoms with Gasteiger partial charge in [-0.05, 0) is 36.2 Å². The molecule has 3 heterocycles. The molecule has 1 saturated heterocycles. The summed E-state index contributed by atoms with van der Waals surface area (Å²) in [5.41, 5.74) is 1.99. The Hall–Kier alpha value is -2.77. The smallest absolute Gasteiger partial charge is 0.244 e. The second kappa shape index (κ2) is 7.23. The van der Waals surface area contributed by atoms with E-state index in [0.29, 0.717) is 31.2 Å². The minimum atomic E-state index is -0.408. The first kappa shape index (κ1) is 16.7. The first-order valence-corrected chi connectivity index (χ1v) is 8.52. The molecule has 0 aliphatic carbocycles. The predicted octanol–water partition coefficient (Wildman–Crippen LogP) is 2.45. The highest BCUT2D eigenvalue weighted by atomic mass is 16.5. The van der Waals surface area contributed by atoms with E-state index in [1.807, 2.05) is 36.4 Å². The third-order valence-corrected chi connectivity index (χ3v) is 4.59. The molecule has 0 saturated carbocycles. The van der Waals surface area contributed by atoms with E-state index >= 15 is 0 Å². The van der Waals surface area contributed by atoms with Gasteiger partial charge < -0.3 is 14.4 Å². The molecule has 1 N–H and O–H groups in total. The van der Waals surface area contributed by atoms with Crippen molar-refractivity contribution in [2.75, 3.05) is 13.7 Å². The lowest BCUT2D eigenvalue weighted by Gasteiger charge is -2.21. The third-order valence-electron chi connectivity index (χ3n) is 4.59. The van der Waals surface area contributed by atoms with Crippen LogP contribution >= 0.6 is 0 Å². The zero-order chi connectivity index (χ0) is 17.9. The predicted molar refractivity (Wildman–Crippen MR) is 94.3 cm³/mol. The number of pyridine rings is 1. The summed E-state index contributed by atoms with van der Waals surface area (Å²) in [4.78, 5) is 10.7. The van der Waals surface area contributed by atoms with E-state index in [9.17, 15) is 5.11 Å². The molecule has 4 rings (SSSR count). The van der Waals surface area contributed by atoms with Gasteiger partial charge in [-0.15, -0.1) is 0 Å². The van der Waals surface area contributed by atoms with Crippen molar-refractivity contribution in [3.8, 4) is 17.1 Å². The minimum absolute atomic E-state index is 0.102. The summed E-state index contributed by atoms with van der Waals surface area (Å²) in [5, 5.41) is 14.2. The number of likely N-dealkylation sites (tertiary alicyclic amines) is 1. The van der Waals surface area contributed by atoms with Crippen molar-refractivity contribution in [1.29, 1.82) is 0 Å². The van der Waals surface area contributed by atoms with Crippen molar-refractivity contribution >= 4 is 0 Å². The monoisotopic (exact) mass is 352 g/mol. The summed E-state index contributed by atoms with van der Waals surface area (Å²) in [6, 6.07) is 11.5. The van der Waals surface area contributed by atoms with E-state index in [1.54, 1.807) is 19.5 Å². The van der Waals surface area contributed by atoms with E-state index in [1.165, 1.54) is 0 Å². The van der Waals surface area contributed by atoms with Crippen LogP contribution in [0.4, 0.5) is 0 Å². The van der Waals surface area contributed by atoms with E-state index in [0.717, 1.165) is 16.9 Å². The van der Waals surface area contributed by atoms with E-state index in [-0.39, 0.29) is 6.04 Å². The van der Waals surface area contributed by atoms with Crippen LogP contribution in [0.1, 0.15) is 23.9 Å². The Morgan fingerprint density at radius 2 is 1.96 bits per heavy atom. The summed E-state index contributed by atoms with van der Waals surface area (Å²) in [5.74, 6) is 1.89. The van der Waals surface area contributed by atoms with Crippen molar-refractivity contribution < 1.29 is 14.4 Å². The molecule has 0 amide bonds. The van der Waals surface area contributed by atoms with Crippen molar-refractivity contribution in [3.63, 3.8) is 0 Å². The largest absolute Gasteiger partial charge is 0.497 e. The highest BCUT2D eigenvalue weighted by Crippen LogP contribution is 2.33. The molecule has 1 aromatic carbocycles. The van der Waals surface area contributed by atoms with Crippen LogP contribution in [0.2, 0.25) is 0 Å². The molecular weight excluding hydrogens is 332 g/mol. The number of rotatable bonds is 5. The van der Waals surface area contributed by atoms with Crippen LogP contribution < -0.4 is 4.74 Å². The lowest BCUT2D eigenvalue weighted by molar-refractivity contribution is 0.169. The second-order valence-electron chi connectivity index (χ2n) is 6.37. The molecule has 26 heavy (non-hydrogen) atoms. The van der Waals surface area contributed by atoms with Gasteiger partial charge in [0.1, 0.15) is 5.75 Å². The zero-order valence-corrected chi connectivity index (χ0v) is 14.4. The molecule has 1 aliphatic heterocycles. The Kier molecular flexibility index (Phi) is 4.64. The van der Waals surface area contributed by atoms with Crippen LogP contribution in [0.3, 0.4) is 0 Å². The van der Waals surface area contributed by atoms with Crippen LogP contribution in [-0.4, -0.2) is 44.9 Å². The molecule has 3 aromatic rings. The van der Waals surface area contributed by atoms with Crippen molar-refractivity contribution in [3.05, 3.63) is 60.2 Å². The number of hydrogen-bond donors (Lipinski definition) is 1. The first-order valence-electron chi connectivity index (χ1n) is 8.52. The average Bonchev–Trinajstić information content (AvgIpc) is 3.30. The van der Waals surface area contributed by atoms with E-state index < -0.39 is 6.10 Å². The lowest BCUT2D eigenvalue weighted by Crippen LogP contribution is -2.24. The van der Waals surface area contributed by atoms with Gasteiger partial charge in [-0.2, -0.15) is 4.98 Å². The van der Waals surface area contributed by atoms with E-state index in [2.05, 4.69) is 20.0 Å². The number of nitrogens with zero attached hydrogens (tertiary/aromatic N) is 4. The van der Waals surface area contributed by atoms with Gasteiger partial charge >= 0.3 is 0 Å². The molecule has 7 nitrogen and oxygen atoms in total. The summed E-state index contributed by atoms with van der Waals surface area (Å²) in [7, 11) is 1.65. The Morgan fingerprint density at radius 3 is 2.69 bits per heavy atom. The summed E-state index contributed by atoms with van der Waals surface area (Å²) < 4.78 is 10.7. The molecule has 134 valence electrons. The van der Waals surface area contributed by atoms with Crippen LogP contribution in [0.25, 0.3) is 11.4 Å². The van der Waals surface area contributed by atoms with Crippen molar-refractivity contribution in [2.45, 2.75) is 25.1 Å². The number of β-amino-alcohol motifs (C(OH)–C–C–N with tert-alkyl or cyclic N) is 1. The Bertz CT molecular complexity index is 851. The maximum absolute atomic E-state index is 10.2. The van der Waals surface area contributed by atoms with E-state index in [4.69, 9.17) is 9.26 Å². The Morgan fingerprint density at radius 1 is 1.19 bits per heavy atom. The van der Waals surface area contributed by atoms with Crippen LogP contribution in [0.15, 0.2) is 53.3 Å². The number of hydrogen-bond acceptors (Lipinski definition) is 7. The van der Waals surface area contributed by atoms with Gasteiger partial charge in [0.25, 0.3) is 0 Å². The fourth-order valence-corrected chi connectivity index (χ4v) is 3.27. The van der Waals surface area contributed by atoms with Crippen LogP contribution in [-0.2, 0) is 6.54 Å². The number of aliphatic hydroxyl groups is 1. The number of aliphatic hydroxyl groups excluding tert-OH is 1. The lowest BCUT2D eigenvalue weighted by atomic mass is 10.1. The average molecular weight is 352 g/mol. The zero-order valence-electron chi connectivity index (χ0n) is 14.4. The highest BCUT2D eigenvalue weighted by Gasteiger charge is 2.35. The number of methoxy groups -OCH3 is 1. The number of aromatic nitrogens is 3. The van der Waals surface area contributed by atoms with Gasteiger partial charge in [-0.1, -0.05) is 17.3 Å². The molecule has 2 atom stereocenters. The Labute approximate surface area is 151 Å². The van der Waals surface area contributed by atoms with Gasteiger partial charge in [0.15, 0.2) is 0 Å². The molecule has 0 unspecified atom stereocenters. The molecule has 1 fully saturated rings. The molecule has 0 spiro atoms. The molecule has 0 radical (unpaired) electrons. The molecule has 1 aliphatic rings. The van der Waals surface area contributed by atoms with Crippen molar-refractivity contribution in [2.24, 2.45) is 0 Å². The highest BCUT2D eigenvalue weighted by molar-refractivity contribution is 5.52. The third kappa shape index (κ3) is 3.44. The van der Waals surface area contributed by atoms with Crippen LogP contribution in [0, 0.1) is 0 Å². The number of benzene rings is 1.